The molecule has 0 amide bonds. The molecular weight excluding hydrogens is 190 g/mol. The average molecular weight is 207 g/mol. The van der Waals surface area contributed by atoms with Gasteiger partial charge in [0.25, 0.3) is 0 Å². The predicted molar refractivity (Wildman–Crippen MR) is 60.3 cm³/mol. The van der Waals surface area contributed by atoms with Crippen LogP contribution >= 0.6 is 0 Å². The zero-order chi connectivity index (χ0) is 10.8. The maximum Gasteiger partial charge on any atom is 0.126 e. The van der Waals surface area contributed by atoms with Gasteiger partial charge in [-0.15, -0.1) is 0 Å². The van der Waals surface area contributed by atoms with Crippen molar-refractivity contribution in [2.45, 2.75) is 25.5 Å². The number of aliphatic hydroxyl groups excluding tert-OH is 1. The van der Waals surface area contributed by atoms with Crippen molar-refractivity contribution in [3.63, 3.8) is 0 Å². The first-order valence-electron chi connectivity index (χ1n) is 5.30. The Morgan fingerprint density at radius 3 is 3.00 bits per heavy atom. The Labute approximate surface area is 90.3 Å². The molecule has 0 aliphatic carbocycles. The highest BCUT2D eigenvalue weighted by atomic mass is 16.5. The van der Waals surface area contributed by atoms with Crippen LogP contribution in [0.1, 0.15) is 18.4 Å². The van der Waals surface area contributed by atoms with Gasteiger partial charge in [-0.3, -0.25) is 0 Å². The van der Waals surface area contributed by atoms with Crippen LogP contribution in [-0.4, -0.2) is 25.5 Å². The first kappa shape index (κ1) is 10.3. The fraction of sp³-hybridized carbons (Fsp3) is 0.500. The number of fused-ring (bicyclic) bond motifs is 1. The topological polar surface area (TPSA) is 32.7 Å². The third-order valence-electron chi connectivity index (χ3n) is 3.03. The summed E-state index contributed by atoms with van der Waals surface area (Å²) < 4.78 is 5.20. The van der Waals surface area contributed by atoms with Crippen LogP contribution in [0.4, 0.5) is 5.69 Å². The van der Waals surface area contributed by atoms with Crippen molar-refractivity contribution in [2.24, 2.45) is 0 Å². The molecule has 0 bridgehead atoms. The van der Waals surface area contributed by atoms with Gasteiger partial charge in [0.2, 0.25) is 0 Å². The summed E-state index contributed by atoms with van der Waals surface area (Å²) in [4.78, 5) is 1.92. The molecule has 0 saturated heterocycles. The smallest absolute Gasteiger partial charge is 0.126 e. The van der Waals surface area contributed by atoms with Crippen LogP contribution in [-0.2, 0) is 6.42 Å². The van der Waals surface area contributed by atoms with Crippen molar-refractivity contribution in [3.8, 4) is 5.75 Å². The van der Waals surface area contributed by atoms with Gasteiger partial charge in [0, 0.05) is 18.8 Å². The Balaban J connectivity index is 2.41. The third-order valence-corrected chi connectivity index (χ3v) is 3.03. The zero-order valence-corrected chi connectivity index (χ0v) is 9.23. The number of aliphatic hydroxyl groups is 1. The number of hydrogen-bond acceptors (Lipinski definition) is 3. The summed E-state index contributed by atoms with van der Waals surface area (Å²) in [5.41, 5.74) is 2.37. The summed E-state index contributed by atoms with van der Waals surface area (Å²) in [6, 6.07) is 6.05. The largest absolute Gasteiger partial charge is 0.497 e. The van der Waals surface area contributed by atoms with E-state index >= 15 is 0 Å². The Hall–Kier alpha value is -1.22. The van der Waals surface area contributed by atoms with E-state index in [1.165, 1.54) is 5.56 Å². The number of aryl methyl sites for hydroxylation is 1. The molecule has 1 unspecified atom stereocenters. The van der Waals surface area contributed by atoms with Gasteiger partial charge < -0.3 is 14.7 Å². The van der Waals surface area contributed by atoms with E-state index in [1.807, 2.05) is 24.1 Å². The fourth-order valence-corrected chi connectivity index (χ4v) is 2.04. The molecule has 0 fully saturated rings. The Kier molecular flexibility index (Phi) is 2.82. The first-order chi connectivity index (χ1) is 7.22. The zero-order valence-electron chi connectivity index (χ0n) is 9.23. The van der Waals surface area contributed by atoms with Gasteiger partial charge >= 0.3 is 0 Å². The minimum absolute atomic E-state index is 0.377. The monoisotopic (exact) mass is 207 g/mol. The Morgan fingerprint density at radius 2 is 2.27 bits per heavy atom. The highest BCUT2D eigenvalue weighted by Gasteiger charge is 2.19. The van der Waals surface area contributed by atoms with Gasteiger partial charge in [0.1, 0.15) is 12.0 Å². The SMILES string of the molecule is COc1ccc2c(c1)N(C)C(O)CCC2. The molecule has 0 aromatic heterocycles. The lowest BCUT2D eigenvalue weighted by atomic mass is 10.1. The number of benzene rings is 1. The molecule has 1 aliphatic heterocycles. The van der Waals surface area contributed by atoms with E-state index in [-0.39, 0.29) is 6.23 Å². The Morgan fingerprint density at radius 1 is 1.47 bits per heavy atom. The van der Waals surface area contributed by atoms with Crippen molar-refractivity contribution >= 4 is 5.69 Å². The van der Waals surface area contributed by atoms with Crippen LogP contribution in [0.15, 0.2) is 18.2 Å². The second kappa shape index (κ2) is 4.11. The number of hydrogen-bond donors (Lipinski definition) is 1. The minimum Gasteiger partial charge on any atom is -0.497 e. The summed E-state index contributed by atoms with van der Waals surface area (Å²) in [5, 5.41) is 9.85. The lowest BCUT2D eigenvalue weighted by Gasteiger charge is -2.25. The van der Waals surface area contributed by atoms with E-state index in [9.17, 15) is 5.11 Å². The van der Waals surface area contributed by atoms with E-state index in [0.717, 1.165) is 30.7 Å². The molecule has 0 spiro atoms. The molecule has 3 heteroatoms. The van der Waals surface area contributed by atoms with Gasteiger partial charge in [-0.05, 0) is 30.9 Å². The van der Waals surface area contributed by atoms with E-state index in [4.69, 9.17) is 4.74 Å². The van der Waals surface area contributed by atoms with Crippen LogP contribution in [0.25, 0.3) is 0 Å². The van der Waals surface area contributed by atoms with Crippen molar-refractivity contribution < 1.29 is 9.84 Å². The lowest BCUT2D eigenvalue weighted by molar-refractivity contribution is 0.165. The van der Waals surface area contributed by atoms with Crippen LogP contribution in [0.2, 0.25) is 0 Å². The molecule has 3 nitrogen and oxygen atoms in total. The number of ether oxygens (including phenoxy) is 1. The van der Waals surface area contributed by atoms with Crippen molar-refractivity contribution in [2.75, 3.05) is 19.1 Å². The summed E-state index contributed by atoms with van der Waals surface area (Å²) in [6.07, 6.45) is 2.51. The lowest BCUT2D eigenvalue weighted by Crippen LogP contribution is -2.30. The maximum atomic E-state index is 9.85. The van der Waals surface area contributed by atoms with E-state index in [2.05, 4.69) is 6.07 Å². The third kappa shape index (κ3) is 1.92. The van der Waals surface area contributed by atoms with Crippen molar-refractivity contribution in [1.29, 1.82) is 0 Å². The quantitative estimate of drug-likeness (QED) is 0.762. The average Bonchev–Trinajstić information content (AvgIpc) is 2.40. The molecule has 1 aromatic carbocycles. The van der Waals surface area contributed by atoms with E-state index in [1.54, 1.807) is 7.11 Å². The van der Waals surface area contributed by atoms with E-state index < -0.39 is 0 Å². The second-order valence-corrected chi connectivity index (χ2v) is 3.98. The van der Waals surface area contributed by atoms with Gasteiger partial charge in [0.15, 0.2) is 0 Å². The number of anilines is 1. The normalized spacial score (nSPS) is 20.7. The summed E-state index contributed by atoms with van der Waals surface area (Å²) in [5.74, 6) is 0.842. The van der Waals surface area contributed by atoms with Crippen LogP contribution in [0, 0.1) is 0 Å². The van der Waals surface area contributed by atoms with Crippen molar-refractivity contribution in [3.05, 3.63) is 23.8 Å². The molecule has 1 heterocycles. The van der Waals surface area contributed by atoms with Gasteiger partial charge in [-0.25, -0.2) is 0 Å². The minimum atomic E-state index is -0.377. The highest BCUT2D eigenvalue weighted by molar-refractivity contribution is 5.57. The van der Waals surface area contributed by atoms with Crippen molar-refractivity contribution in [1.82, 2.24) is 0 Å². The molecule has 0 saturated carbocycles. The van der Waals surface area contributed by atoms with Crippen LogP contribution < -0.4 is 9.64 Å². The summed E-state index contributed by atoms with van der Waals surface area (Å²) in [7, 11) is 3.59. The molecule has 0 radical (unpaired) electrons. The Bertz CT molecular complexity index is 351. The number of rotatable bonds is 1. The number of nitrogens with zero attached hydrogens (tertiary/aromatic N) is 1. The molecule has 15 heavy (non-hydrogen) atoms. The summed E-state index contributed by atoms with van der Waals surface area (Å²) >= 11 is 0. The molecule has 1 N–H and O–H groups in total. The van der Waals surface area contributed by atoms with Gasteiger partial charge in [-0.1, -0.05) is 6.07 Å². The molecule has 82 valence electrons. The maximum absolute atomic E-state index is 9.85. The highest BCUT2D eigenvalue weighted by Crippen LogP contribution is 2.30. The van der Waals surface area contributed by atoms with Gasteiger partial charge in [0.05, 0.1) is 7.11 Å². The van der Waals surface area contributed by atoms with Crippen LogP contribution in [0.3, 0.4) is 0 Å². The standard InChI is InChI=1S/C12H17NO2/c1-13-11-8-10(15-2)7-6-9(11)4-3-5-12(13)14/h6-8,12,14H,3-5H2,1-2H3. The molecule has 1 aliphatic rings. The molecule has 1 aromatic rings. The molecule has 2 rings (SSSR count). The van der Waals surface area contributed by atoms with Crippen LogP contribution in [0.5, 0.6) is 5.75 Å². The number of methoxy groups -OCH3 is 1. The van der Waals surface area contributed by atoms with E-state index in [0.29, 0.717) is 0 Å². The molecular formula is C12H17NO2. The second-order valence-electron chi connectivity index (χ2n) is 3.98. The molecule has 1 atom stereocenters. The first-order valence-corrected chi connectivity index (χ1v) is 5.30. The predicted octanol–water partition coefficient (Wildman–Crippen LogP) is 1.79. The summed E-state index contributed by atoms with van der Waals surface area (Å²) in [6.45, 7) is 0. The fourth-order valence-electron chi connectivity index (χ4n) is 2.04. The van der Waals surface area contributed by atoms with Gasteiger partial charge in [-0.2, -0.15) is 0 Å².